The minimum atomic E-state index is -0.0930. The van der Waals surface area contributed by atoms with Gasteiger partial charge < -0.3 is 9.80 Å². The molecule has 0 unspecified atom stereocenters. The van der Waals surface area contributed by atoms with Crippen LogP contribution in [0.25, 0.3) is 31.3 Å². The second kappa shape index (κ2) is 14.0. The summed E-state index contributed by atoms with van der Waals surface area (Å²) >= 11 is 1.88. The summed E-state index contributed by atoms with van der Waals surface area (Å²) in [6, 6.07) is 54.1. The van der Waals surface area contributed by atoms with E-state index in [0.717, 1.165) is 0 Å². The summed E-state index contributed by atoms with van der Waals surface area (Å²) in [4.78, 5) is 5.17. The summed E-state index contributed by atoms with van der Waals surface area (Å²) in [5, 5.41) is 2.67. The molecule has 2 nitrogen and oxygen atoms in total. The SMILES string of the molecule is CC(C)(C)c1ccc(N2c3cc(C(C)(C)C)ccc3B3c4cc(C(C)(C)C)ccc4N(c4ccc(-c5cccc6sc7ccccc7c56)cc4)c4cc(C(C)(C)C)cc2c43)cc1. The summed E-state index contributed by atoms with van der Waals surface area (Å²) in [5.41, 5.74) is 19.3. The Kier molecular flexibility index (Phi) is 9.12. The Morgan fingerprint density at radius 1 is 0.403 bits per heavy atom. The smallest absolute Gasteiger partial charge is 0.252 e. The largest absolute Gasteiger partial charge is 0.311 e. The molecule has 0 aliphatic carbocycles. The molecule has 4 heteroatoms. The number of hydrogen-bond donors (Lipinski definition) is 0. The second-order valence-electron chi connectivity index (χ2n) is 21.9. The van der Waals surface area contributed by atoms with Crippen LogP contribution in [0.1, 0.15) is 105 Å². The lowest BCUT2D eigenvalue weighted by atomic mass is 9.33. The van der Waals surface area contributed by atoms with Crippen molar-refractivity contribution in [2.45, 2.75) is 105 Å². The van der Waals surface area contributed by atoms with Crippen molar-refractivity contribution in [1.82, 2.24) is 0 Å². The van der Waals surface area contributed by atoms with Crippen molar-refractivity contribution in [3.05, 3.63) is 162 Å². The maximum atomic E-state index is 2.59. The fourth-order valence-electron chi connectivity index (χ4n) is 9.84. The molecular formula is C58H59BN2S. The molecule has 7 aromatic carbocycles. The number of anilines is 6. The first-order chi connectivity index (χ1) is 29.3. The Hall–Kier alpha value is -5.58. The van der Waals surface area contributed by atoms with Crippen LogP contribution in [0.3, 0.4) is 0 Å². The van der Waals surface area contributed by atoms with E-state index in [1.165, 1.54) is 104 Å². The maximum Gasteiger partial charge on any atom is 0.252 e. The van der Waals surface area contributed by atoms with Gasteiger partial charge in [-0.25, -0.2) is 0 Å². The Morgan fingerprint density at radius 3 is 1.55 bits per heavy atom. The van der Waals surface area contributed by atoms with Crippen molar-refractivity contribution in [2.75, 3.05) is 9.80 Å². The Morgan fingerprint density at radius 2 is 0.919 bits per heavy atom. The van der Waals surface area contributed by atoms with Crippen LogP contribution < -0.4 is 26.2 Å². The first-order valence-corrected chi connectivity index (χ1v) is 23.3. The van der Waals surface area contributed by atoms with E-state index < -0.39 is 0 Å². The first kappa shape index (κ1) is 40.5. The molecule has 0 amide bonds. The van der Waals surface area contributed by atoms with Gasteiger partial charge >= 0.3 is 0 Å². The van der Waals surface area contributed by atoms with Crippen molar-refractivity contribution in [3.63, 3.8) is 0 Å². The van der Waals surface area contributed by atoms with Crippen molar-refractivity contribution in [1.29, 1.82) is 0 Å². The van der Waals surface area contributed by atoms with Gasteiger partial charge in [-0.2, -0.15) is 0 Å². The predicted molar refractivity (Wildman–Crippen MR) is 274 cm³/mol. The highest BCUT2D eigenvalue weighted by atomic mass is 32.1. The number of fused-ring (bicyclic) bond motifs is 7. The van der Waals surface area contributed by atoms with Gasteiger partial charge in [0.05, 0.1) is 0 Å². The molecule has 10 rings (SSSR count). The Bertz CT molecular complexity index is 3050. The molecule has 0 bridgehead atoms. The lowest BCUT2D eigenvalue weighted by molar-refractivity contribution is 0.589. The fraction of sp³-hybridized carbons (Fsp3) is 0.276. The zero-order valence-electron chi connectivity index (χ0n) is 38.7. The molecule has 0 saturated heterocycles. The van der Waals surface area contributed by atoms with E-state index in [-0.39, 0.29) is 28.4 Å². The lowest BCUT2D eigenvalue weighted by Gasteiger charge is -2.45. The van der Waals surface area contributed by atoms with Gasteiger partial charge in [-0.3, -0.25) is 0 Å². The molecule has 8 aromatic rings. The normalized spacial score (nSPS) is 14.0. The third kappa shape index (κ3) is 6.60. The number of thiophene rings is 1. The van der Waals surface area contributed by atoms with Gasteiger partial charge in [0.25, 0.3) is 6.71 Å². The highest BCUT2D eigenvalue weighted by Crippen LogP contribution is 2.48. The molecule has 0 saturated carbocycles. The molecule has 3 heterocycles. The van der Waals surface area contributed by atoms with E-state index in [4.69, 9.17) is 0 Å². The Labute approximate surface area is 374 Å². The molecular weight excluding hydrogens is 768 g/mol. The minimum Gasteiger partial charge on any atom is -0.311 e. The van der Waals surface area contributed by atoms with E-state index in [0.29, 0.717) is 0 Å². The number of rotatable bonds is 3. The van der Waals surface area contributed by atoms with Crippen molar-refractivity contribution < 1.29 is 0 Å². The predicted octanol–water partition coefficient (Wildman–Crippen LogP) is 15.0. The number of nitrogens with zero attached hydrogens (tertiary/aromatic N) is 2. The third-order valence-corrected chi connectivity index (χ3v) is 14.6. The van der Waals surface area contributed by atoms with Gasteiger partial charge in [0.15, 0.2) is 0 Å². The van der Waals surface area contributed by atoms with Gasteiger partial charge in [-0.15, -0.1) is 11.3 Å². The van der Waals surface area contributed by atoms with Crippen LogP contribution in [-0.2, 0) is 21.7 Å². The standard InChI is InChI=1S/C58H59BN2S/c1-55(2,3)37-22-28-42(29-23-37)61-48-33-39(57(7,8)9)24-30-45(48)59-46-32-38(56(4,5)6)25-31-47(46)60(49-34-40(58(10,11)12)35-50(61)54(49)59)41-26-20-36(21-27-41)43-17-15-19-52-53(43)44-16-13-14-18-51(44)62-52/h13-35H,1-12H3. The van der Waals surface area contributed by atoms with Crippen molar-refractivity contribution in [2.24, 2.45) is 0 Å². The van der Waals surface area contributed by atoms with E-state index in [1.54, 1.807) is 0 Å². The molecule has 62 heavy (non-hydrogen) atoms. The topological polar surface area (TPSA) is 6.48 Å². The molecule has 0 N–H and O–H groups in total. The fourth-order valence-corrected chi connectivity index (χ4v) is 11.0. The van der Waals surface area contributed by atoms with Crippen LogP contribution in [0, 0.1) is 0 Å². The van der Waals surface area contributed by atoms with Gasteiger partial charge in [0, 0.05) is 54.3 Å². The summed E-state index contributed by atoms with van der Waals surface area (Å²) in [6.07, 6.45) is 0. The maximum absolute atomic E-state index is 2.59. The van der Waals surface area contributed by atoms with E-state index >= 15 is 0 Å². The van der Waals surface area contributed by atoms with E-state index in [9.17, 15) is 0 Å². The highest BCUT2D eigenvalue weighted by molar-refractivity contribution is 7.26. The summed E-state index contributed by atoms with van der Waals surface area (Å²) in [7, 11) is 0. The van der Waals surface area contributed by atoms with Crippen LogP contribution in [0.5, 0.6) is 0 Å². The van der Waals surface area contributed by atoms with Crippen LogP contribution >= 0.6 is 11.3 Å². The number of benzene rings is 7. The molecule has 310 valence electrons. The van der Waals surface area contributed by atoms with Crippen molar-refractivity contribution in [3.8, 4) is 11.1 Å². The average Bonchev–Trinajstić information content (AvgIpc) is 3.61. The van der Waals surface area contributed by atoms with Gasteiger partial charge in [-0.1, -0.05) is 162 Å². The zero-order valence-corrected chi connectivity index (χ0v) is 39.5. The monoisotopic (exact) mass is 826 g/mol. The summed E-state index contributed by atoms with van der Waals surface area (Å²) < 4.78 is 2.66. The zero-order chi connectivity index (χ0) is 43.7. The molecule has 1 aromatic heterocycles. The molecule has 0 atom stereocenters. The summed E-state index contributed by atoms with van der Waals surface area (Å²) in [6.45, 7) is 28.1. The molecule has 2 aliphatic heterocycles. The average molecular weight is 827 g/mol. The van der Waals surface area contributed by atoms with Crippen molar-refractivity contribution >= 4 is 88.7 Å². The minimum absolute atomic E-state index is 0.00955. The summed E-state index contributed by atoms with van der Waals surface area (Å²) in [5.74, 6) is 0. The molecule has 0 radical (unpaired) electrons. The van der Waals surface area contributed by atoms with Gasteiger partial charge in [-0.05, 0) is 132 Å². The lowest BCUT2D eigenvalue weighted by Crippen LogP contribution is -2.61. The van der Waals surface area contributed by atoms with Gasteiger partial charge in [0.1, 0.15) is 0 Å². The van der Waals surface area contributed by atoms with Crippen LogP contribution in [0.2, 0.25) is 0 Å². The second-order valence-corrected chi connectivity index (χ2v) is 23.0. The van der Waals surface area contributed by atoms with E-state index in [1.807, 2.05) is 11.3 Å². The van der Waals surface area contributed by atoms with Crippen LogP contribution in [-0.4, -0.2) is 6.71 Å². The third-order valence-electron chi connectivity index (χ3n) is 13.5. The quantitative estimate of drug-likeness (QED) is 0.164. The molecule has 0 fully saturated rings. The van der Waals surface area contributed by atoms with E-state index in [2.05, 4.69) is 232 Å². The molecule has 0 spiro atoms. The van der Waals surface area contributed by atoms with Crippen LogP contribution in [0.15, 0.2) is 140 Å². The Balaban J connectivity index is 1.25. The van der Waals surface area contributed by atoms with Crippen LogP contribution in [0.4, 0.5) is 34.1 Å². The first-order valence-electron chi connectivity index (χ1n) is 22.5. The highest BCUT2D eigenvalue weighted by Gasteiger charge is 2.45. The van der Waals surface area contributed by atoms with Gasteiger partial charge in [0.2, 0.25) is 0 Å². The molecule has 2 aliphatic rings. The number of hydrogen-bond acceptors (Lipinski definition) is 3.